The molecule has 0 saturated carbocycles. The van der Waals surface area contributed by atoms with Gasteiger partial charge in [-0.15, -0.1) is 0 Å². The highest BCUT2D eigenvalue weighted by Crippen LogP contribution is 2.28. The number of hydrogen-bond donors (Lipinski definition) is 1. The molecule has 0 spiro atoms. The highest BCUT2D eigenvalue weighted by molar-refractivity contribution is 6.31. The number of nitrogens with zero attached hydrogens (tertiary/aromatic N) is 1. The van der Waals surface area contributed by atoms with Gasteiger partial charge in [-0.1, -0.05) is 24.6 Å². The van der Waals surface area contributed by atoms with Crippen molar-refractivity contribution in [2.75, 3.05) is 26.7 Å². The van der Waals surface area contributed by atoms with E-state index in [1.807, 2.05) is 18.2 Å². The summed E-state index contributed by atoms with van der Waals surface area (Å²) in [5.41, 5.74) is 1.11. The predicted octanol–water partition coefficient (Wildman–Crippen LogP) is 3.31. The summed E-state index contributed by atoms with van der Waals surface area (Å²) < 4.78 is 5.47. The molecule has 1 aromatic carbocycles. The third-order valence-electron chi connectivity index (χ3n) is 3.96. The van der Waals surface area contributed by atoms with Crippen molar-refractivity contribution in [2.24, 2.45) is 0 Å². The average molecular weight is 297 g/mol. The van der Waals surface area contributed by atoms with E-state index in [-0.39, 0.29) is 0 Å². The van der Waals surface area contributed by atoms with E-state index in [9.17, 15) is 0 Å². The number of methoxy groups -OCH3 is 1. The van der Waals surface area contributed by atoms with E-state index in [4.69, 9.17) is 16.3 Å². The van der Waals surface area contributed by atoms with E-state index in [2.05, 4.69) is 17.1 Å². The molecule has 0 aromatic heterocycles. The van der Waals surface area contributed by atoms with Crippen LogP contribution in [0.15, 0.2) is 18.2 Å². The largest absolute Gasteiger partial charge is 0.496 e. The van der Waals surface area contributed by atoms with Gasteiger partial charge >= 0.3 is 0 Å². The summed E-state index contributed by atoms with van der Waals surface area (Å²) in [6.45, 7) is 6.41. The Morgan fingerprint density at radius 1 is 1.45 bits per heavy atom. The highest BCUT2D eigenvalue weighted by Gasteiger charge is 2.22. The fraction of sp³-hybridized carbons (Fsp3) is 0.625. The molecule has 4 heteroatoms. The first-order valence-corrected chi connectivity index (χ1v) is 7.90. The monoisotopic (exact) mass is 296 g/mol. The number of ether oxygens (including phenoxy) is 1. The molecule has 1 unspecified atom stereocenters. The number of rotatable bonds is 6. The van der Waals surface area contributed by atoms with E-state index in [1.165, 1.54) is 12.8 Å². The van der Waals surface area contributed by atoms with Crippen molar-refractivity contribution in [3.8, 4) is 5.75 Å². The summed E-state index contributed by atoms with van der Waals surface area (Å²) in [5, 5.41) is 4.30. The van der Waals surface area contributed by atoms with Crippen LogP contribution in [0.2, 0.25) is 5.02 Å². The Kier molecular flexibility index (Phi) is 6.14. The van der Waals surface area contributed by atoms with Gasteiger partial charge in [-0.25, -0.2) is 0 Å². The first-order chi connectivity index (χ1) is 9.76. The topological polar surface area (TPSA) is 24.5 Å². The first-order valence-electron chi connectivity index (χ1n) is 7.52. The Balaban J connectivity index is 2.14. The van der Waals surface area contributed by atoms with Crippen LogP contribution in [0, 0.1) is 0 Å². The Morgan fingerprint density at radius 3 is 2.95 bits per heavy atom. The molecule has 0 bridgehead atoms. The Labute approximate surface area is 127 Å². The van der Waals surface area contributed by atoms with Crippen molar-refractivity contribution >= 4 is 11.6 Å². The Morgan fingerprint density at radius 2 is 2.30 bits per heavy atom. The van der Waals surface area contributed by atoms with E-state index in [1.54, 1.807) is 7.11 Å². The van der Waals surface area contributed by atoms with E-state index in [0.717, 1.165) is 48.9 Å². The van der Waals surface area contributed by atoms with Crippen LogP contribution in [0.5, 0.6) is 5.75 Å². The quantitative estimate of drug-likeness (QED) is 0.871. The van der Waals surface area contributed by atoms with E-state index in [0.29, 0.717) is 6.04 Å². The van der Waals surface area contributed by atoms with Crippen molar-refractivity contribution < 1.29 is 4.74 Å². The average Bonchev–Trinajstić information content (AvgIpc) is 2.49. The molecule has 1 aromatic rings. The Hall–Kier alpha value is -0.770. The van der Waals surface area contributed by atoms with Gasteiger partial charge in [-0.05, 0) is 44.5 Å². The van der Waals surface area contributed by atoms with Crippen LogP contribution in [0.1, 0.15) is 31.7 Å². The number of benzene rings is 1. The summed E-state index contributed by atoms with van der Waals surface area (Å²) in [6, 6.07) is 6.48. The lowest BCUT2D eigenvalue weighted by molar-refractivity contribution is 0.156. The van der Waals surface area contributed by atoms with Crippen LogP contribution in [0.25, 0.3) is 0 Å². The van der Waals surface area contributed by atoms with Crippen LogP contribution in [-0.2, 0) is 6.54 Å². The third kappa shape index (κ3) is 3.87. The molecule has 1 aliphatic rings. The number of piperidine rings is 1. The maximum absolute atomic E-state index is 6.37. The summed E-state index contributed by atoms with van der Waals surface area (Å²) in [7, 11) is 1.71. The first kappa shape index (κ1) is 15.6. The minimum absolute atomic E-state index is 0.602. The van der Waals surface area contributed by atoms with Crippen molar-refractivity contribution in [1.82, 2.24) is 10.2 Å². The third-order valence-corrected chi connectivity index (χ3v) is 4.31. The van der Waals surface area contributed by atoms with Gasteiger partial charge in [0.15, 0.2) is 0 Å². The van der Waals surface area contributed by atoms with Crippen molar-refractivity contribution in [2.45, 2.75) is 38.8 Å². The molecule has 0 radical (unpaired) electrons. The molecule has 1 N–H and O–H groups in total. The van der Waals surface area contributed by atoms with Crippen LogP contribution in [0.4, 0.5) is 0 Å². The molecular weight excluding hydrogens is 272 g/mol. The van der Waals surface area contributed by atoms with Gasteiger partial charge in [0, 0.05) is 29.7 Å². The number of hydrogen-bond acceptors (Lipinski definition) is 3. The van der Waals surface area contributed by atoms with Gasteiger partial charge in [-0.3, -0.25) is 4.90 Å². The predicted molar refractivity (Wildman–Crippen MR) is 84.6 cm³/mol. The minimum Gasteiger partial charge on any atom is -0.496 e. The fourth-order valence-corrected chi connectivity index (χ4v) is 3.14. The lowest BCUT2D eigenvalue weighted by atomic mass is 10.0. The normalized spacial score (nSPS) is 19.3. The van der Waals surface area contributed by atoms with Crippen LogP contribution in [0.3, 0.4) is 0 Å². The Bertz CT molecular complexity index is 419. The number of nitrogens with one attached hydrogen (secondary N) is 1. The molecule has 1 atom stereocenters. The van der Waals surface area contributed by atoms with Gasteiger partial charge in [0.25, 0.3) is 0 Å². The zero-order valence-electron chi connectivity index (χ0n) is 12.5. The van der Waals surface area contributed by atoms with Crippen LogP contribution < -0.4 is 10.1 Å². The molecule has 0 aliphatic carbocycles. The van der Waals surface area contributed by atoms with Gasteiger partial charge in [0.2, 0.25) is 0 Å². The molecule has 112 valence electrons. The molecule has 1 fully saturated rings. The second-order valence-electron chi connectivity index (χ2n) is 5.39. The van der Waals surface area contributed by atoms with Gasteiger partial charge in [-0.2, -0.15) is 0 Å². The van der Waals surface area contributed by atoms with Gasteiger partial charge in [0.05, 0.1) is 7.11 Å². The molecule has 1 aliphatic heterocycles. The standard InChI is InChI=1S/C16H25ClN2O/c1-3-10-19(13-6-5-9-18-11-13)12-14-15(17)7-4-8-16(14)20-2/h4,7-8,13,18H,3,5-6,9-12H2,1-2H3. The zero-order valence-corrected chi connectivity index (χ0v) is 13.2. The summed E-state index contributed by atoms with van der Waals surface area (Å²) in [5.74, 6) is 0.891. The maximum Gasteiger partial charge on any atom is 0.124 e. The minimum atomic E-state index is 0.602. The molecule has 0 amide bonds. The molecule has 1 saturated heterocycles. The lowest BCUT2D eigenvalue weighted by Gasteiger charge is -2.35. The maximum atomic E-state index is 6.37. The number of halogens is 1. The molecule has 20 heavy (non-hydrogen) atoms. The fourth-order valence-electron chi connectivity index (χ4n) is 2.91. The van der Waals surface area contributed by atoms with Crippen molar-refractivity contribution in [3.05, 3.63) is 28.8 Å². The van der Waals surface area contributed by atoms with E-state index >= 15 is 0 Å². The second-order valence-corrected chi connectivity index (χ2v) is 5.80. The molecular formula is C16H25ClN2O. The lowest BCUT2D eigenvalue weighted by Crippen LogP contribution is -2.46. The molecule has 2 rings (SSSR count). The summed E-state index contributed by atoms with van der Waals surface area (Å²) in [4.78, 5) is 2.54. The van der Waals surface area contributed by atoms with Crippen molar-refractivity contribution in [3.63, 3.8) is 0 Å². The summed E-state index contributed by atoms with van der Waals surface area (Å²) in [6.07, 6.45) is 3.67. The van der Waals surface area contributed by atoms with Crippen LogP contribution >= 0.6 is 11.6 Å². The second kappa shape index (κ2) is 7.87. The molecule has 3 nitrogen and oxygen atoms in total. The van der Waals surface area contributed by atoms with E-state index < -0.39 is 0 Å². The van der Waals surface area contributed by atoms with Crippen LogP contribution in [-0.4, -0.2) is 37.7 Å². The SMILES string of the molecule is CCCN(Cc1c(Cl)cccc1OC)C1CCCNC1. The summed E-state index contributed by atoms with van der Waals surface area (Å²) >= 11 is 6.37. The smallest absolute Gasteiger partial charge is 0.124 e. The van der Waals surface area contributed by atoms with Crippen molar-refractivity contribution in [1.29, 1.82) is 0 Å². The highest BCUT2D eigenvalue weighted by atomic mass is 35.5. The van der Waals surface area contributed by atoms with Gasteiger partial charge < -0.3 is 10.1 Å². The molecule has 1 heterocycles. The zero-order chi connectivity index (χ0) is 14.4. The van der Waals surface area contributed by atoms with Gasteiger partial charge in [0.1, 0.15) is 5.75 Å².